The monoisotopic (exact) mass is 313 g/mol. The smallest absolute Gasteiger partial charge is 0.223 e. The summed E-state index contributed by atoms with van der Waals surface area (Å²) in [5, 5.41) is 2.93. The number of nitrogens with zero attached hydrogens (tertiary/aromatic N) is 2. The second-order valence-electron chi connectivity index (χ2n) is 7.19. The molecule has 5 nitrogen and oxygen atoms in total. The molecule has 0 aliphatic rings. The molecule has 0 atom stereocenters. The fourth-order valence-corrected chi connectivity index (χ4v) is 1.91. The van der Waals surface area contributed by atoms with Crippen LogP contribution in [-0.2, 0) is 9.59 Å². The molecule has 0 saturated carbocycles. The molecule has 22 heavy (non-hydrogen) atoms. The second kappa shape index (κ2) is 9.74. The van der Waals surface area contributed by atoms with Crippen LogP contribution < -0.4 is 5.32 Å². The molecule has 0 unspecified atom stereocenters. The molecule has 0 radical (unpaired) electrons. The Morgan fingerprint density at radius 1 is 0.909 bits per heavy atom. The van der Waals surface area contributed by atoms with Crippen molar-refractivity contribution >= 4 is 11.7 Å². The number of rotatable bonds is 11. The van der Waals surface area contributed by atoms with E-state index in [9.17, 15) is 9.59 Å². The van der Waals surface area contributed by atoms with Crippen molar-refractivity contribution in [3.8, 4) is 0 Å². The normalized spacial score (nSPS) is 12.6. The summed E-state index contributed by atoms with van der Waals surface area (Å²) < 4.78 is 1.55. The second-order valence-corrected chi connectivity index (χ2v) is 7.19. The van der Waals surface area contributed by atoms with E-state index in [4.69, 9.17) is 0 Å². The Morgan fingerprint density at radius 2 is 1.45 bits per heavy atom. The maximum atomic E-state index is 11.4. The third-order valence-corrected chi connectivity index (χ3v) is 3.78. The first-order valence-corrected chi connectivity index (χ1v) is 8.19. The van der Waals surface area contributed by atoms with Crippen molar-refractivity contribution in [2.75, 3.05) is 54.5 Å². The molecule has 0 aliphatic heterocycles. The highest BCUT2D eigenvalue weighted by Crippen LogP contribution is 2.03. The number of hydrogen-bond donors (Lipinski definition) is 1. The topological polar surface area (TPSA) is 46.2 Å². The highest BCUT2D eigenvalue weighted by atomic mass is 16.1. The fraction of sp³-hybridized carbons (Fsp3) is 0.765. The minimum Gasteiger partial charge on any atom is -0.325 e. The van der Waals surface area contributed by atoms with Gasteiger partial charge in [0.15, 0.2) is 6.67 Å². The first-order chi connectivity index (χ1) is 10.1. The van der Waals surface area contributed by atoms with E-state index in [1.807, 2.05) is 13.8 Å². The van der Waals surface area contributed by atoms with Gasteiger partial charge in [0.25, 0.3) is 0 Å². The molecule has 128 valence electrons. The zero-order valence-electron chi connectivity index (χ0n) is 15.3. The van der Waals surface area contributed by atoms with Gasteiger partial charge in [0.2, 0.25) is 5.91 Å². The summed E-state index contributed by atoms with van der Waals surface area (Å²) in [5.41, 5.74) is 0. The summed E-state index contributed by atoms with van der Waals surface area (Å²) in [4.78, 5) is 22.7. The number of amides is 1. The van der Waals surface area contributed by atoms with Crippen molar-refractivity contribution in [2.45, 2.75) is 33.1 Å². The van der Waals surface area contributed by atoms with Gasteiger partial charge in [-0.3, -0.25) is 9.59 Å². The van der Waals surface area contributed by atoms with Crippen LogP contribution in [0, 0.1) is 0 Å². The first-order valence-electron chi connectivity index (χ1n) is 8.19. The van der Waals surface area contributed by atoms with Gasteiger partial charge in [-0.15, -0.1) is 0 Å². The molecule has 0 fully saturated rings. The van der Waals surface area contributed by atoms with Crippen LogP contribution in [0.15, 0.2) is 12.2 Å². The van der Waals surface area contributed by atoms with Gasteiger partial charge in [-0.2, -0.15) is 0 Å². The van der Waals surface area contributed by atoms with E-state index in [1.54, 1.807) is 0 Å². The molecule has 0 spiro atoms. The molecule has 5 heteroatoms. The van der Waals surface area contributed by atoms with E-state index in [0.717, 1.165) is 28.6 Å². The lowest BCUT2D eigenvalue weighted by Crippen LogP contribution is -2.48. The van der Waals surface area contributed by atoms with Gasteiger partial charge >= 0.3 is 0 Å². The SMILES string of the molecule is CCC(=O)CC[N+](C)(C)C/C=C/C[N+](C)(C)CNC(=O)CC. The molecule has 0 heterocycles. The molecule has 0 aromatic heterocycles. The highest BCUT2D eigenvalue weighted by molar-refractivity contribution is 5.78. The van der Waals surface area contributed by atoms with Gasteiger partial charge in [-0.05, 0) is 12.2 Å². The minimum atomic E-state index is 0.0913. The minimum absolute atomic E-state index is 0.0913. The Bertz CT molecular complexity index is 351. The maximum Gasteiger partial charge on any atom is 0.223 e. The summed E-state index contributed by atoms with van der Waals surface area (Å²) >= 11 is 0. The predicted molar refractivity (Wildman–Crippen MR) is 91.2 cm³/mol. The average Bonchev–Trinajstić information content (AvgIpc) is 2.47. The molecular weight excluding hydrogens is 278 g/mol. The lowest BCUT2D eigenvalue weighted by molar-refractivity contribution is -0.887. The van der Waals surface area contributed by atoms with Crippen LogP contribution in [0.5, 0.6) is 0 Å². The van der Waals surface area contributed by atoms with E-state index in [0.29, 0.717) is 31.7 Å². The molecule has 0 bridgehead atoms. The molecular formula is C17H35N3O2+2. The Kier molecular flexibility index (Phi) is 9.21. The zero-order valence-corrected chi connectivity index (χ0v) is 15.3. The summed E-state index contributed by atoms with van der Waals surface area (Å²) in [6.07, 6.45) is 6.16. The molecule has 0 aromatic rings. The largest absolute Gasteiger partial charge is 0.325 e. The predicted octanol–water partition coefficient (Wildman–Crippen LogP) is 1.55. The molecule has 0 rings (SSSR count). The number of Topliss-reactive ketones (excluding diaryl/α,β-unsaturated/α-hetero) is 1. The van der Waals surface area contributed by atoms with Crippen molar-refractivity contribution < 1.29 is 18.6 Å². The number of carbonyl (C=O) groups excluding carboxylic acids is 2. The third-order valence-electron chi connectivity index (χ3n) is 3.78. The lowest BCUT2D eigenvalue weighted by atomic mass is 10.2. The molecule has 0 saturated heterocycles. The Hall–Kier alpha value is -1.20. The van der Waals surface area contributed by atoms with Gasteiger partial charge in [0.05, 0.1) is 54.2 Å². The van der Waals surface area contributed by atoms with Crippen LogP contribution in [0.1, 0.15) is 33.1 Å². The molecule has 0 aromatic carbocycles. The van der Waals surface area contributed by atoms with Gasteiger partial charge in [-0.1, -0.05) is 13.8 Å². The van der Waals surface area contributed by atoms with E-state index in [1.165, 1.54) is 0 Å². The molecule has 0 aliphatic carbocycles. The molecule has 1 amide bonds. The lowest BCUT2D eigenvalue weighted by Gasteiger charge is -2.30. The highest BCUT2D eigenvalue weighted by Gasteiger charge is 2.16. The van der Waals surface area contributed by atoms with Crippen LogP contribution in [0.25, 0.3) is 0 Å². The van der Waals surface area contributed by atoms with Crippen LogP contribution in [0.4, 0.5) is 0 Å². The van der Waals surface area contributed by atoms with Gasteiger partial charge in [0.1, 0.15) is 5.78 Å². The van der Waals surface area contributed by atoms with Crippen molar-refractivity contribution in [3.05, 3.63) is 12.2 Å². The average molecular weight is 313 g/mol. The summed E-state index contributed by atoms with van der Waals surface area (Å²) in [5.74, 6) is 0.424. The summed E-state index contributed by atoms with van der Waals surface area (Å²) in [6, 6.07) is 0. The summed E-state index contributed by atoms with van der Waals surface area (Å²) in [6.45, 7) is 7.08. The van der Waals surface area contributed by atoms with Gasteiger partial charge in [-0.25, -0.2) is 0 Å². The van der Waals surface area contributed by atoms with Crippen LogP contribution in [0.3, 0.4) is 0 Å². The standard InChI is InChI=1S/C17H34N3O2/c1-7-16(21)11-14-19(3,4)12-9-10-13-20(5,6)15-18-17(22)8-2/h9-10H,7-8,11-15H2,1-6H3/q+1/p+1/b10-9+. The zero-order chi connectivity index (χ0) is 17.2. The quantitative estimate of drug-likeness (QED) is 0.357. The van der Waals surface area contributed by atoms with Crippen molar-refractivity contribution in [1.29, 1.82) is 0 Å². The van der Waals surface area contributed by atoms with Crippen molar-refractivity contribution in [3.63, 3.8) is 0 Å². The van der Waals surface area contributed by atoms with Crippen molar-refractivity contribution in [2.24, 2.45) is 0 Å². The van der Waals surface area contributed by atoms with Crippen LogP contribution in [0.2, 0.25) is 0 Å². The van der Waals surface area contributed by atoms with E-state index >= 15 is 0 Å². The Morgan fingerprint density at radius 3 is 1.95 bits per heavy atom. The Balaban J connectivity index is 4.14. The maximum absolute atomic E-state index is 11.4. The number of carbonyl (C=O) groups is 2. The number of hydrogen-bond acceptors (Lipinski definition) is 2. The molecule has 1 N–H and O–H groups in total. The van der Waals surface area contributed by atoms with Gasteiger partial charge < -0.3 is 14.3 Å². The van der Waals surface area contributed by atoms with Crippen LogP contribution in [-0.4, -0.2) is 75.2 Å². The summed E-state index contributed by atoms with van der Waals surface area (Å²) in [7, 11) is 8.49. The van der Waals surface area contributed by atoms with E-state index < -0.39 is 0 Å². The van der Waals surface area contributed by atoms with E-state index in [2.05, 4.69) is 45.7 Å². The number of nitrogens with one attached hydrogen (secondary N) is 1. The fourth-order valence-electron chi connectivity index (χ4n) is 1.91. The van der Waals surface area contributed by atoms with E-state index in [-0.39, 0.29) is 5.91 Å². The Labute approximate surface area is 136 Å². The van der Waals surface area contributed by atoms with Gasteiger partial charge in [0, 0.05) is 12.8 Å². The van der Waals surface area contributed by atoms with Crippen molar-refractivity contribution in [1.82, 2.24) is 5.32 Å². The first kappa shape index (κ1) is 20.8. The third kappa shape index (κ3) is 10.5. The number of quaternary nitrogens is 2. The number of likely N-dealkylation sites (N-methyl/N-ethyl adjacent to an activating group) is 2. The van der Waals surface area contributed by atoms with Crippen LogP contribution >= 0.6 is 0 Å². The number of ketones is 1.